The molecule has 0 saturated heterocycles. The lowest BCUT2D eigenvalue weighted by Gasteiger charge is -2.14. The first-order chi connectivity index (χ1) is 11.0. The van der Waals surface area contributed by atoms with Gasteiger partial charge in [-0.15, -0.1) is 0 Å². The number of halogens is 1. The molecule has 0 unspecified atom stereocenters. The number of ether oxygens (including phenoxy) is 1. The van der Waals surface area contributed by atoms with Crippen LogP contribution in [0, 0.1) is 17.7 Å². The summed E-state index contributed by atoms with van der Waals surface area (Å²) in [7, 11) is 0. The highest BCUT2D eigenvalue weighted by molar-refractivity contribution is 5.71. The van der Waals surface area contributed by atoms with Crippen molar-refractivity contribution in [3.8, 4) is 23.3 Å². The van der Waals surface area contributed by atoms with Crippen LogP contribution in [0.2, 0.25) is 0 Å². The number of benzene rings is 2. The zero-order valence-electron chi connectivity index (χ0n) is 12.4. The fourth-order valence-electron chi connectivity index (χ4n) is 1.72. The van der Waals surface area contributed by atoms with Crippen molar-refractivity contribution >= 4 is 6.03 Å². The van der Waals surface area contributed by atoms with Gasteiger partial charge in [0.15, 0.2) is 0 Å². The third-order valence-corrected chi connectivity index (χ3v) is 2.90. The summed E-state index contributed by atoms with van der Waals surface area (Å²) in [5.74, 6) is 6.21. The molecule has 23 heavy (non-hydrogen) atoms. The molecule has 2 amide bonds. The molecule has 6 heteroatoms. The van der Waals surface area contributed by atoms with E-state index in [-0.39, 0.29) is 5.82 Å². The van der Waals surface area contributed by atoms with Crippen LogP contribution in [0.5, 0.6) is 11.5 Å². The maximum atomic E-state index is 12.9. The number of rotatable bonds is 3. The third kappa shape index (κ3) is 4.73. The maximum Gasteiger partial charge on any atom is 0.339 e. The lowest BCUT2D eigenvalue weighted by Crippen LogP contribution is -2.38. The summed E-state index contributed by atoms with van der Waals surface area (Å²) < 4.78 is 18.5. The minimum Gasteiger partial charge on any atom is -0.457 e. The van der Waals surface area contributed by atoms with Crippen LogP contribution in [0.4, 0.5) is 9.18 Å². The largest absolute Gasteiger partial charge is 0.457 e. The first kappa shape index (κ1) is 16.3. The summed E-state index contributed by atoms with van der Waals surface area (Å²) >= 11 is 0. The minimum atomic E-state index is -0.972. The topological polar surface area (TPSA) is 75.8 Å². The molecule has 0 heterocycles. The van der Waals surface area contributed by atoms with Crippen LogP contribution in [0.15, 0.2) is 48.5 Å². The van der Waals surface area contributed by atoms with Gasteiger partial charge in [0.1, 0.15) is 23.4 Å². The van der Waals surface area contributed by atoms with Gasteiger partial charge < -0.3 is 10.5 Å². The quantitative estimate of drug-likeness (QED) is 0.519. The number of nitrogens with zero attached hydrogens (tertiary/aromatic N) is 1. The summed E-state index contributed by atoms with van der Waals surface area (Å²) in [6, 6.07) is 10.9. The van der Waals surface area contributed by atoms with Crippen molar-refractivity contribution < 1.29 is 19.1 Å². The number of carbonyl (C=O) groups is 1. The van der Waals surface area contributed by atoms with E-state index in [1.807, 2.05) is 0 Å². The van der Waals surface area contributed by atoms with E-state index in [0.29, 0.717) is 22.1 Å². The zero-order chi connectivity index (χ0) is 16.8. The molecule has 2 rings (SSSR count). The average molecular weight is 314 g/mol. The Morgan fingerprint density at radius 2 is 1.96 bits per heavy atom. The van der Waals surface area contributed by atoms with Gasteiger partial charge in [0.2, 0.25) is 0 Å². The molecule has 0 aliphatic heterocycles. The van der Waals surface area contributed by atoms with Crippen LogP contribution >= 0.6 is 0 Å². The highest BCUT2D eigenvalue weighted by atomic mass is 19.1. The Morgan fingerprint density at radius 3 is 2.61 bits per heavy atom. The van der Waals surface area contributed by atoms with Crippen molar-refractivity contribution in [1.82, 2.24) is 5.06 Å². The summed E-state index contributed by atoms with van der Waals surface area (Å²) in [6.45, 7) is 1.54. The molecular formula is C17H15FN2O3. The van der Waals surface area contributed by atoms with Crippen LogP contribution in [0.3, 0.4) is 0 Å². The molecule has 5 nitrogen and oxygen atoms in total. The van der Waals surface area contributed by atoms with Crippen LogP contribution in [-0.2, 0) is 0 Å². The molecule has 118 valence electrons. The summed E-state index contributed by atoms with van der Waals surface area (Å²) in [4.78, 5) is 10.8. The minimum absolute atomic E-state index is 0.339. The summed E-state index contributed by atoms with van der Waals surface area (Å²) in [5.41, 5.74) is 5.58. The van der Waals surface area contributed by atoms with Gasteiger partial charge in [0.05, 0.1) is 0 Å². The van der Waals surface area contributed by atoms with Gasteiger partial charge in [-0.1, -0.05) is 17.9 Å². The van der Waals surface area contributed by atoms with E-state index >= 15 is 0 Å². The molecule has 3 N–H and O–H groups in total. The van der Waals surface area contributed by atoms with Crippen molar-refractivity contribution in [2.24, 2.45) is 5.73 Å². The van der Waals surface area contributed by atoms with E-state index in [2.05, 4.69) is 11.8 Å². The predicted molar refractivity (Wildman–Crippen MR) is 82.5 cm³/mol. The molecule has 0 fully saturated rings. The van der Waals surface area contributed by atoms with Crippen LogP contribution in [0.25, 0.3) is 0 Å². The fourth-order valence-corrected chi connectivity index (χ4v) is 1.72. The predicted octanol–water partition coefficient (Wildman–Crippen LogP) is 3.13. The van der Waals surface area contributed by atoms with Gasteiger partial charge in [0, 0.05) is 5.56 Å². The molecule has 0 aliphatic carbocycles. The normalized spacial score (nSPS) is 11.1. The molecule has 0 bridgehead atoms. The first-order valence-corrected chi connectivity index (χ1v) is 6.78. The van der Waals surface area contributed by atoms with Gasteiger partial charge in [-0.25, -0.2) is 9.18 Å². The Hall–Kier alpha value is -3.04. The Labute approximate surface area is 133 Å². The molecular weight excluding hydrogens is 299 g/mol. The number of amides is 2. The molecule has 0 radical (unpaired) electrons. The number of nitrogens with two attached hydrogens (primary N) is 1. The number of carbonyl (C=O) groups excluding carboxylic acids is 1. The molecule has 0 saturated carbocycles. The second-order valence-corrected chi connectivity index (χ2v) is 4.71. The highest BCUT2D eigenvalue weighted by Gasteiger charge is 2.11. The van der Waals surface area contributed by atoms with Crippen LogP contribution in [0.1, 0.15) is 12.5 Å². The zero-order valence-corrected chi connectivity index (χ0v) is 12.4. The molecule has 0 aromatic heterocycles. The number of primary amides is 1. The van der Waals surface area contributed by atoms with Gasteiger partial charge in [0.25, 0.3) is 0 Å². The van der Waals surface area contributed by atoms with Crippen molar-refractivity contribution in [2.75, 3.05) is 0 Å². The fraction of sp³-hybridized carbons (Fsp3) is 0.118. The molecule has 0 spiro atoms. The van der Waals surface area contributed by atoms with Crippen LogP contribution in [-0.4, -0.2) is 22.3 Å². The SMILES string of the molecule is C[C@@H](C#Cc1cccc(Oc2ccc(F)cc2)c1)N(O)C(N)=O. The molecule has 1 atom stereocenters. The van der Waals surface area contributed by atoms with Crippen molar-refractivity contribution in [3.05, 3.63) is 59.9 Å². The second kappa shape index (κ2) is 7.29. The van der Waals surface area contributed by atoms with E-state index in [1.165, 1.54) is 31.2 Å². The number of hydrogen-bond acceptors (Lipinski definition) is 3. The maximum absolute atomic E-state index is 12.9. The van der Waals surface area contributed by atoms with E-state index < -0.39 is 12.1 Å². The number of hydroxylamine groups is 2. The smallest absolute Gasteiger partial charge is 0.339 e. The number of hydrogen-bond donors (Lipinski definition) is 2. The van der Waals surface area contributed by atoms with E-state index in [4.69, 9.17) is 10.5 Å². The Bertz CT molecular complexity index is 750. The highest BCUT2D eigenvalue weighted by Crippen LogP contribution is 2.22. The second-order valence-electron chi connectivity index (χ2n) is 4.71. The van der Waals surface area contributed by atoms with Gasteiger partial charge in [-0.2, -0.15) is 5.06 Å². The summed E-state index contributed by atoms with van der Waals surface area (Å²) in [6.07, 6.45) is 0. The van der Waals surface area contributed by atoms with Gasteiger partial charge >= 0.3 is 6.03 Å². The van der Waals surface area contributed by atoms with Crippen molar-refractivity contribution in [3.63, 3.8) is 0 Å². The number of urea groups is 1. The third-order valence-electron chi connectivity index (χ3n) is 2.90. The Balaban J connectivity index is 2.11. The lowest BCUT2D eigenvalue weighted by atomic mass is 10.2. The van der Waals surface area contributed by atoms with Crippen molar-refractivity contribution in [1.29, 1.82) is 0 Å². The van der Waals surface area contributed by atoms with Crippen LogP contribution < -0.4 is 10.5 Å². The van der Waals surface area contributed by atoms with Gasteiger partial charge in [-0.3, -0.25) is 5.21 Å². The average Bonchev–Trinajstić information content (AvgIpc) is 2.54. The van der Waals surface area contributed by atoms with Gasteiger partial charge in [-0.05, 0) is 49.4 Å². The molecule has 2 aromatic carbocycles. The molecule has 2 aromatic rings. The van der Waals surface area contributed by atoms with E-state index in [0.717, 1.165) is 0 Å². The molecule has 0 aliphatic rings. The Morgan fingerprint density at radius 1 is 1.26 bits per heavy atom. The van der Waals surface area contributed by atoms with Crippen molar-refractivity contribution in [2.45, 2.75) is 13.0 Å². The van der Waals surface area contributed by atoms with E-state index in [9.17, 15) is 14.4 Å². The first-order valence-electron chi connectivity index (χ1n) is 6.78. The Kier molecular flexibility index (Phi) is 5.18. The monoisotopic (exact) mass is 314 g/mol. The standard InChI is InChI=1S/C17H15FN2O3/c1-12(20(22)17(19)21)5-6-13-3-2-4-16(11-13)23-15-9-7-14(18)8-10-15/h2-4,7-12,22H,1H3,(H2,19,21)/t12-/m0/s1. The lowest BCUT2D eigenvalue weighted by molar-refractivity contribution is -0.0536. The summed E-state index contributed by atoms with van der Waals surface area (Å²) in [5, 5.41) is 9.70. The van der Waals surface area contributed by atoms with E-state index in [1.54, 1.807) is 24.3 Å².